The van der Waals surface area contributed by atoms with Gasteiger partial charge in [0.15, 0.2) is 0 Å². The Morgan fingerprint density at radius 1 is 1.05 bits per heavy atom. The monoisotopic (exact) mass is 285 g/mol. The van der Waals surface area contributed by atoms with E-state index in [4.69, 9.17) is 0 Å². The molecule has 3 heteroatoms. The van der Waals surface area contributed by atoms with E-state index in [9.17, 15) is 4.79 Å². The number of fused-ring (bicyclic) bond motifs is 2. The second kappa shape index (κ2) is 5.13. The van der Waals surface area contributed by atoms with Crippen LogP contribution in [0, 0.1) is 0 Å². The fraction of sp³-hybridized carbons (Fsp3) is 0.611. The molecule has 2 saturated heterocycles. The fourth-order valence-corrected chi connectivity index (χ4v) is 4.62. The van der Waals surface area contributed by atoms with Crippen LogP contribution in [0.25, 0.3) is 0 Å². The van der Waals surface area contributed by atoms with E-state index in [1.165, 1.54) is 30.4 Å². The molecule has 0 radical (unpaired) electrons. The quantitative estimate of drug-likeness (QED) is 0.822. The van der Waals surface area contributed by atoms with Crippen molar-refractivity contribution in [3.63, 3.8) is 0 Å². The van der Waals surface area contributed by atoms with Gasteiger partial charge in [-0.3, -0.25) is 4.79 Å². The molecule has 0 aliphatic carbocycles. The van der Waals surface area contributed by atoms with Gasteiger partial charge in [-0.1, -0.05) is 24.3 Å². The molecule has 0 aromatic heterocycles. The number of amides is 1. The van der Waals surface area contributed by atoms with Crippen molar-refractivity contribution in [2.24, 2.45) is 0 Å². The molecule has 112 valence electrons. The molecule has 5 rings (SSSR count). The molecule has 4 heterocycles. The minimum Gasteiger partial charge on any atom is -0.342 e. The number of nitrogens with one attached hydrogen (secondary N) is 1. The molecule has 1 aromatic rings. The third kappa shape index (κ3) is 2.10. The van der Waals surface area contributed by atoms with Crippen LogP contribution in [0.3, 0.4) is 0 Å². The molecule has 0 unspecified atom stereocenters. The van der Waals surface area contributed by atoms with Crippen molar-refractivity contribution >= 4 is 5.91 Å². The minimum atomic E-state index is -0.214. The van der Waals surface area contributed by atoms with E-state index in [1.54, 1.807) is 4.90 Å². The van der Waals surface area contributed by atoms with Gasteiger partial charge in [0.2, 0.25) is 5.91 Å². The van der Waals surface area contributed by atoms with Gasteiger partial charge in [-0.15, -0.1) is 0 Å². The summed E-state index contributed by atoms with van der Waals surface area (Å²) < 4.78 is 0. The highest BCUT2D eigenvalue weighted by atomic mass is 16.2. The molecular formula is C18H25N2O+. The summed E-state index contributed by atoms with van der Waals surface area (Å²) >= 11 is 0. The van der Waals surface area contributed by atoms with Crippen molar-refractivity contribution in [3.05, 3.63) is 35.4 Å². The zero-order valence-electron chi connectivity index (χ0n) is 12.7. The van der Waals surface area contributed by atoms with Crippen molar-refractivity contribution in [2.45, 2.75) is 44.1 Å². The number of benzene rings is 1. The van der Waals surface area contributed by atoms with Gasteiger partial charge < -0.3 is 9.80 Å². The zero-order valence-corrected chi connectivity index (χ0v) is 12.7. The van der Waals surface area contributed by atoms with Crippen molar-refractivity contribution in [1.29, 1.82) is 0 Å². The number of piperidine rings is 2. The predicted octanol–water partition coefficient (Wildman–Crippen LogP) is 1.13. The Hall–Kier alpha value is -1.35. The lowest BCUT2D eigenvalue weighted by molar-refractivity contribution is -0.918. The van der Waals surface area contributed by atoms with Crippen LogP contribution in [0.15, 0.2) is 24.3 Å². The third-order valence-electron chi connectivity index (χ3n) is 5.84. The molecule has 0 atom stereocenters. The number of carbonyl (C=O) groups is 1. The van der Waals surface area contributed by atoms with Crippen molar-refractivity contribution in [3.8, 4) is 0 Å². The standard InChI is InChI=1S/C18H24N2O/c21-17(20-10-4-1-5-11-20)18-8-12-19(13-9-18)14-15-6-2-3-7-16(15)18/h2-3,6-7H,1,4-5,8-14H2/p+1. The average Bonchev–Trinajstić information content (AvgIpc) is 2.82. The number of rotatable bonds is 1. The summed E-state index contributed by atoms with van der Waals surface area (Å²) in [6, 6.07) is 8.71. The Balaban J connectivity index is 1.75. The first-order valence-electron chi connectivity index (χ1n) is 8.51. The summed E-state index contributed by atoms with van der Waals surface area (Å²) in [6.45, 7) is 5.34. The smallest absolute Gasteiger partial charge is 0.233 e. The number of carbonyl (C=O) groups excluding carboxylic acids is 1. The number of hydrogen-bond donors (Lipinski definition) is 1. The Kier molecular flexibility index (Phi) is 3.26. The SMILES string of the molecule is O=C(N1CCCCC1)C12CC[NH+](CC1)Cc1ccccc12. The van der Waals surface area contributed by atoms with Crippen LogP contribution in [-0.2, 0) is 16.8 Å². The lowest BCUT2D eigenvalue weighted by atomic mass is 9.71. The maximum atomic E-state index is 13.4. The van der Waals surface area contributed by atoms with Gasteiger partial charge in [0, 0.05) is 31.5 Å². The second-order valence-electron chi connectivity index (χ2n) is 7.02. The van der Waals surface area contributed by atoms with Gasteiger partial charge in [0.25, 0.3) is 0 Å². The Morgan fingerprint density at radius 2 is 1.76 bits per heavy atom. The van der Waals surface area contributed by atoms with Crippen LogP contribution in [0.1, 0.15) is 43.2 Å². The van der Waals surface area contributed by atoms with E-state index in [0.29, 0.717) is 5.91 Å². The summed E-state index contributed by atoms with van der Waals surface area (Å²) in [7, 11) is 0. The molecule has 1 N–H and O–H groups in total. The first kappa shape index (κ1) is 13.3. The van der Waals surface area contributed by atoms with Crippen molar-refractivity contribution in [2.75, 3.05) is 26.2 Å². The van der Waals surface area contributed by atoms with Crippen LogP contribution < -0.4 is 4.90 Å². The van der Waals surface area contributed by atoms with Gasteiger partial charge >= 0.3 is 0 Å². The van der Waals surface area contributed by atoms with Crippen molar-refractivity contribution in [1.82, 2.24) is 4.90 Å². The molecule has 2 bridgehead atoms. The minimum absolute atomic E-state index is 0.214. The van der Waals surface area contributed by atoms with E-state index in [2.05, 4.69) is 29.2 Å². The molecule has 21 heavy (non-hydrogen) atoms. The highest BCUT2D eigenvalue weighted by molar-refractivity contribution is 5.89. The second-order valence-corrected chi connectivity index (χ2v) is 7.02. The Labute approximate surface area is 126 Å². The van der Waals surface area contributed by atoms with Gasteiger partial charge in [-0.25, -0.2) is 0 Å². The maximum absolute atomic E-state index is 13.4. The van der Waals surface area contributed by atoms with Crippen molar-refractivity contribution < 1.29 is 9.69 Å². The molecule has 3 nitrogen and oxygen atoms in total. The number of hydrogen-bond acceptors (Lipinski definition) is 1. The normalized spacial score (nSPS) is 31.6. The van der Waals surface area contributed by atoms with Crippen LogP contribution in [0.2, 0.25) is 0 Å². The number of nitrogens with zero attached hydrogens (tertiary/aromatic N) is 1. The van der Waals surface area contributed by atoms with Crippen LogP contribution in [0.5, 0.6) is 0 Å². The topological polar surface area (TPSA) is 24.8 Å². The van der Waals surface area contributed by atoms with Gasteiger partial charge in [-0.2, -0.15) is 0 Å². The maximum Gasteiger partial charge on any atom is 0.233 e. The van der Waals surface area contributed by atoms with Gasteiger partial charge in [-0.05, 0) is 24.8 Å². The predicted molar refractivity (Wildman–Crippen MR) is 82.2 cm³/mol. The Morgan fingerprint density at radius 3 is 2.52 bits per heavy atom. The summed E-state index contributed by atoms with van der Waals surface area (Å²) in [6.07, 6.45) is 5.72. The molecule has 4 aliphatic heterocycles. The van der Waals surface area contributed by atoms with Crippen LogP contribution in [0.4, 0.5) is 0 Å². The van der Waals surface area contributed by atoms with E-state index in [-0.39, 0.29) is 5.41 Å². The van der Waals surface area contributed by atoms with E-state index in [0.717, 1.165) is 45.6 Å². The van der Waals surface area contributed by atoms with E-state index in [1.807, 2.05) is 0 Å². The summed E-state index contributed by atoms with van der Waals surface area (Å²) in [5.41, 5.74) is 2.54. The highest BCUT2D eigenvalue weighted by Gasteiger charge is 2.49. The van der Waals surface area contributed by atoms with Crippen LogP contribution in [-0.4, -0.2) is 37.0 Å². The number of likely N-dealkylation sites (tertiary alicyclic amines) is 1. The molecule has 2 fully saturated rings. The molecule has 1 amide bonds. The largest absolute Gasteiger partial charge is 0.342 e. The van der Waals surface area contributed by atoms with Gasteiger partial charge in [0.1, 0.15) is 6.54 Å². The first-order valence-corrected chi connectivity index (χ1v) is 8.51. The summed E-state index contributed by atoms with van der Waals surface area (Å²) in [4.78, 5) is 17.2. The molecule has 4 aliphatic rings. The summed E-state index contributed by atoms with van der Waals surface area (Å²) in [5, 5.41) is 0. The zero-order chi connectivity index (χ0) is 14.3. The average molecular weight is 285 g/mol. The molecule has 0 saturated carbocycles. The van der Waals surface area contributed by atoms with Gasteiger partial charge in [0.05, 0.1) is 18.5 Å². The van der Waals surface area contributed by atoms with Crippen LogP contribution >= 0.6 is 0 Å². The first-order chi connectivity index (χ1) is 10.3. The van der Waals surface area contributed by atoms with E-state index >= 15 is 0 Å². The fourth-order valence-electron chi connectivity index (χ4n) is 4.62. The molecule has 1 aromatic carbocycles. The van der Waals surface area contributed by atoms with E-state index < -0.39 is 0 Å². The molecule has 0 spiro atoms. The third-order valence-corrected chi connectivity index (χ3v) is 5.84. The number of quaternary nitrogens is 1. The molecular weight excluding hydrogens is 260 g/mol. The lowest BCUT2D eigenvalue weighted by Gasteiger charge is -2.40. The highest BCUT2D eigenvalue weighted by Crippen LogP contribution is 2.39. The Bertz CT molecular complexity index is 540. The summed E-state index contributed by atoms with van der Waals surface area (Å²) in [5.74, 6) is 0.426. The lowest BCUT2D eigenvalue weighted by Crippen LogP contribution is -3.11.